The fourth-order valence-electron chi connectivity index (χ4n) is 2.72. The van der Waals surface area contributed by atoms with Crippen molar-refractivity contribution >= 4 is 10.1 Å². The molecular weight excluding hydrogens is 290 g/mol. The average Bonchev–Trinajstić information content (AvgIpc) is 2.43. The molecule has 1 aliphatic heterocycles. The Kier molecular flexibility index (Phi) is 5.34. The van der Waals surface area contributed by atoms with Gasteiger partial charge in [0.25, 0.3) is 10.1 Å². The first kappa shape index (κ1) is 16.4. The Morgan fingerprint density at radius 2 is 2.05 bits per heavy atom. The highest BCUT2D eigenvalue weighted by Crippen LogP contribution is 2.21. The van der Waals surface area contributed by atoms with Gasteiger partial charge < -0.3 is 11.1 Å². The molecule has 1 saturated heterocycles. The lowest BCUT2D eigenvalue weighted by atomic mass is 10.0. The van der Waals surface area contributed by atoms with Crippen LogP contribution < -0.4 is 11.1 Å². The van der Waals surface area contributed by atoms with Crippen LogP contribution in [0.1, 0.15) is 24.9 Å². The predicted molar refractivity (Wildman–Crippen MR) is 82.4 cm³/mol. The summed E-state index contributed by atoms with van der Waals surface area (Å²) < 4.78 is 30.4. The zero-order valence-corrected chi connectivity index (χ0v) is 13.0. The van der Waals surface area contributed by atoms with Crippen molar-refractivity contribution in [1.82, 2.24) is 10.2 Å². The van der Waals surface area contributed by atoms with Crippen molar-refractivity contribution in [3.05, 3.63) is 35.9 Å². The first-order chi connectivity index (χ1) is 9.87. The third-order valence-corrected chi connectivity index (χ3v) is 4.67. The van der Waals surface area contributed by atoms with Crippen LogP contribution in [0.15, 0.2) is 30.3 Å². The third kappa shape index (κ3) is 4.76. The van der Waals surface area contributed by atoms with E-state index in [4.69, 9.17) is 10.3 Å². The molecule has 1 fully saturated rings. The number of piperazine rings is 1. The summed E-state index contributed by atoms with van der Waals surface area (Å²) in [6.07, 6.45) is 0.215. The predicted octanol–water partition coefficient (Wildman–Crippen LogP) is 0.584. The van der Waals surface area contributed by atoms with Crippen LogP contribution in [0.4, 0.5) is 0 Å². The highest BCUT2D eigenvalue weighted by molar-refractivity contribution is 7.85. The fourth-order valence-corrected chi connectivity index (χ4v) is 3.21. The summed E-state index contributed by atoms with van der Waals surface area (Å²) in [6.45, 7) is 3.30. The standard InChI is InChI=1S/C14H23N3O3S/c1-11-14(15)17(8-5-9-21(18,19)20)10-13(16-11)12-6-3-2-4-7-12/h2-4,6-7,11,13-14,16H,5,8-10,15H2,1H3,(H,18,19,20). The van der Waals surface area contributed by atoms with Crippen molar-refractivity contribution in [1.29, 1.82) is 0 Å². The Morgan fingerprint density at radius 3 is 2.67 bits per heavy atom. The van der Waals surface area contributed by atoms with E-state index >= 15 is 0 Å². The number of benzene rings is 1. The first-order valence-corrected chi connectivity index (χ1v) is 8.73. The van der Waals surface area contributed by atoms with Crippen LogP contribution in [0.5, 0.6) is 0 Å². The molecule has 1 aromatic rings. The van der Waals surface area contributed by atoms with E-state index in [-0.39, 0.29) is 24.0 Å². The van der Waals surface area contributed by atoms with Crippen molar-refractivity contribution in [2.75, 3.05) is 18.8 Å². The molecule has 0 aliphatic carbocycles. The Hall–Kier alpha value is -0.990. The quantitative estimate of drug-likeness (QED) is 0.688. The average molecular weight is 313 g/mol. The number of rotatable bonds is 5. The van der Waals surface area contributed by atoms with Gasteiger partial charge in [-0.05, 0) is 18.9 Å². The highest BCUT2D eigenvalue weighted by Gasteiger charge is 2.31. The molecule has 1 aromatic carbocycles. The largest absolute Gasteiger partial charge is 0.314 e. The van der Waals surface area contributed by atoms with Crippen LogP contribution >= 0.6 is 0 Å². The molecule has 4 N–H and O–H groups in total. The van der Waals surface area contributed by atoms with E-state index in [9.17, 15) is 8.42 Å². The van der Waals surface area contributed by atoms with Crippen molar-refractivity contribution in [3.63, 3.8) is 0 Å². The van der Waals surface area contributed by atoms with Gasteiger partial charge in [-0.1, -0.05) is 30.3 Å². The lowest BCUT2D eigenvalue weighted by molar-refractivity contribution is 0.0988. The molecule has 0 amide bonds. The van der Waals surface area contributed by atoms with Crippen molar-refractivity contribution in [2.45, 2.75) is 31.6 Å². The monoisotopic (exact) mass is 313 g/mol. The van der Waals surface area contributed by atoms with Crippen LogP contribution in [0, 0.1) is 0 Å². The van der Waals surface area contributed by atoms with E-state index in [1.165, 1.54) is 5.56 Å². The van der Waals surface area contributed by atoms with Gasteiger partial charge in [-0.3, -0.25) is 9.45 Å². The smallest absolute Gasteiger partial charge is 0.264 e. The van der Waals surface area contributed by atoms with Gasteiger partial charge in [0.2, 0.25) is 0 Å². The minimum Gasteiger partial charge on any atom is -0.314 e. The maximum Gasteiger partial charge on any atom is 0.264 e. The second kappa shape index (κ2) is 6.85. The van der Waals surface area contributed by atoms with E-state index in [0.29, 0.717) is 13.0 Å². The van der Waals surface area contributed by atoms with E-state index in [0.717, 1.165) is 6.54 Å². The molecule has 2 rings (SSSR count). The first-order valence-electron chi connectivity index (χ1n) is 7.12. The summed E-state index contributed by atoms with van der Waals surface area (Å²) in [5, 5.41) is 3.48. The minimum atomic E-state index is -3.90. The lowest BCUT2D eigenvalue weighted by Crippen LogP contribution is -2.61. The summed E-state index contributed by atoms with van der Waals surface area (Å²) in [5.74, 6) is -0.228. The zero-order valence-electron chi connectivity index (χ0n) is 12.1. The highest BCUT2D eigenvalue weighted by atomic mass is 32.2. The molecule has 0 aromatic heterocycles. The zero-order chi connectivity index (χ0) is 15.5. The topological polar surface area (TPSA) is 95.7 Å². The molecule has 1 heterocycles. The second-order valence-corrected chi connectivity index (χ2v) is 7.12. The van der Waals surface area contributed by atoms with Crippen LogP contribution in [-0.4, -0.2) is 48.9 Å². The van der Waals surface area contributed by atoms with Gasteiger partial charge in [-0.25, -0.2) is 0 Å². The fraction of sp³-hybridized carbons (Fsp3) is 0.571. The van der Waals surface area contributed by atoms with Crippen LogP contribution in [-0.2, 0) is 10.1 Å². The van der Waals surface area contributed by atoms with Gasteiger partial charge in [-0.2, -0.15) is 8.42 Å². The van der Waals surface area contributed by atoms with Gasteiger partial charge in [0.15, 0.2) is 0 Å². The van der Waals surface area contributed by atoms with Crippen molar-refractivity contribution < 1.29 is 13.0 Å². The number of hydrogen-bond acceptors (Lipinski definition) is 5. The summed E-state index contributed by atoms with van der Waals surface area (Å²) in [7, 11) is -3.90. The van der Waals surface area contributed by atoms with Crippen LogP contribution in [0.25, 0.3) is 0 Å². The molecule has 3 unspecified atom stereocenters. The third-order valence-electron chi connectivity index (χ3n) is 3.86. The van der Waals surface area contributed by atoms with Gasteiger partial charge in [0, 0.05) is 25.2 Å². The molecule has 0 bridgehead atoms. The van der Waals surface area contributed by atoms with Gasteiger partial charge in [-0.15, -0.1) is 0 Å². The van der Waals surface area contributed by atoms with Gasteiger partial charge in [0.05, 0.1) is 11.9 Å². The Morgan fingerprint density at radius 1 is 1.38 bits per heavy atom. The molecule has 0 radical (unpaired) electrons. The summed E-state index contributed by atoms with van der Waals surface area (Å²) in [5.41, 5.74) is 7.35. The number of nitrogens with two attached hydrogens (primary N) is 1. The Balaban J connectivity index is 1.99. The Bertz CT molecular complexity index is 550. The molecule has 0 spiro atoms. The van der Waals surface area contributed by atoms with Crippen molar-refractivity contribution in [2.24, 2.45) is 5.73 Å². The summed E-state index contributed by atoms with van der Waals surface area (Å²) in [4.78, 5) is 2.07. The molecule has 0 saturated carbocycles. The van der Waals surface area contributed by atoms with E-state index in [1.54, 1.807) is 0 Å². The van der Waals surface area contributed by atoms with Crippen LogP contribution in [0.3, 0.4) is 0 Å². The van der Waals surface area contributed by atoms with Gasteiger partial charge >= 0.3 is 0 Å². The Labute approximate surface area is 126 Å². The minimum absolute atomic E-state index is 0.106. The SMILES string of the molecule is CC1NC(c2ccccc2)CN(CCCS(=O)(=O)O)C1N. The lowest BCUT2D eigenvalue weighted by Gasteiger charge is -2.42. The van der Waals surface area contributed by atoms with E-state index in [1.807, 2.05) is 25.1 Å². The van der Waals surface area contributed by atoms with E-state index < -0.39 is 10.1 Å². The molecule has 3 atom stereocenters. The normalized spacial score (nSPS) is 27.7. The number of nitrogens with zero attached hydrogens (tertiary/aromatic N) is 1. The van der Waals surface area contributed by atoms with Crippen molar-refractivity contribution in [3.8, 4) is 0 Å². The molecule has 1 aliphatic rings. The van der Waals surface area contributed by atoms with E-state index in [2.05, 4.69) is 22.3 Å². The maximum absolute atomic E-state index is 10.8. The van der Waals surface area contributed by atoms with Gasteiger partial charge in [0.1, 0.15) is 0 Å². The molecule has 6 nitrogen and oxygen atoms in total. The number of hydrogen-bond donors (Lipinski definition) is 3. The number of nitrogens with one attached hydrogen (secondary N) is 1. The second-order valence-electron chi connectivity index (χ2n) is 5.54. The summed E-state index contributed by atoms with van der Waals surface area (Å²) >= 11 is 0. The molecular formula is C14H23N3O3S. The molecule has 21 heavy (non-hydrogen) atoms. The maximum atomic E-state index is 10.8. The molecule has 118 valence electrons. The van der Waals surface area contributed by atoms with Crippen LogP contribution in [0.2, 0.25) is 0 Å². The summed E-state index contributed by atoms with van der Waals surface area (Å²) in [6, 6.07) is 10.4. The molecule has 7 heteroatoms.